The Kier molecular flexibility index (Phi) is 4.61. The van der Waals surface area contributed by atoms with Gasteiger partial charge in [-0.2, -0.15) is 0 Å². The standard InChI is InChI=1S/C15H21N3O2/c1-18(2)15(20)17-13-5-3-4-12(8-13)9-14(19)16-10-11-6-7-11/h3-5,8,11H,6-7,9-10H2,1-2H3,(H,16,19)(H,17,20). The molecule has 5 nitrogen and oxygen atoms in total. The first-order valence-electron chi connectivity index (χ1n) is 6.88. The van der Waals surface area contributed by atoms with Crippen LogP contribution >= 0.6 is 0 Å². The highest BCUT2D eigenvalue weighted by molar-refractivity contribution is 5.89. The van der Waals surface area contributed by atoms with Crippen molar-refractivity contribution in [2.24, 2.45) is 5.92 Å². The third-order valence-corrected chi connectivity index (χ3v) is 3.23. The zero-order valence-corrected chi connectivity index (χ0v) is 12.0. The highest BCUT2D eigenvalue weighted by Crippen LogP contribution is 2.27. The van der Waals surface area contributed by atoms with E-state index >= 15 is 0 Å². The topological polar surface area (TPSA) is 61.4 Å². The number of benzene rings is 1. The molecule has 20 heavy (non-hydrogen) atoms. The molecule has 0 saturated heterocycles. The van der Waals surface area contributed by atoms with Crippen molar-refractivity contribution in [3.8, 4) is 0 Å². The van der Waals surface area contributed by atoms with Crippen molar-refractivity contribution in [1.82, 2.24) is 10.2 Å². The number of hydrogen-bond acceptors (Lipinski definition) is 2. The van der Waals surface area contributed by atoms with Gasteiger partial charge >= 0.3 is 6.03 Å². The summed E-state index contributed by atoms with van der Waals surface area (Å²) in [6.45, 7) is 0.788. The minimum Gasteiger partial charge on any atom is -0.356 e. The van der Waals surface area contributed by atoms with Gasteiger partial charge in [0.25, 0.3) is 0 Å². The fourth-order valence-electron chi connectivity index (χ4n) is 1.82. The van der Waals surface area contributed by atoms with E-state index in [1.807, 2.05) is 24.3 Å². The maximum absolute atomic E-state index is 11.8. The third kappa shape index (κ3) is 4.57. The van der Waals surface area contributed by atoms with E-state index in [-0.39, 0.29) is 11.9 Å². The Morgan fingerprint density at radius 2 is 2.05 bits per heavy atom. The van der Waals surface area contributed by atoms with Crippen molar-refractivity contribution < 1.29 is 9.59 Å². The lowest BCUT2D eigenvalue weighted by Crippen LogP contribution is -2.28. The molecule has 3 amide bonds. The summed E-state index contributed by atoms with van der Waals surface area (Å²) < 4.78 is 0. The predicted octanol–water partition coefficient (Wildman–Crippen LogP) is 1.85. The van der Waals surface area contributed by atoms with Gasteiger partial charge in [-0.15, -0.1) is 0 Å². The van der Waals surface area contributed by atoms with Gasteiger partial charge in [-0.3, -0.25) is 4.79 Å². The first kappa shape index (κ1) is 14.4. The number of nitrogens with zero attached hydrogens (tertiary/aromatic N) is 1. The molecule has 0 aliphatic heterocycles. The van der Waals surface area contributed by atoms with Gasteiger partial charge in [0.05, 0.1) is 6.42 Å². The van der Waals surface area contributed by atoms with E-state index in [0.29, 0.717) is 18.0 Å². The molecule has 0 atom stereocenters. The lowest BCUT2D eigenvalue weighted by atomic mass is 10.1. The van der Waals surface area contributed by atoms with Gasteiger partial charge in [0.1, 0.15) is 0 Å². The van der Waals surface area contributed by atoms with Crippen LogP contribution in [0, 0.1) is 5.92 Å². The zero-order valence-electron chi connectivity index (χ0n) is 12.0. The molecule has 0 bridgehead atoms. The number of amides is 3. The lowest BCUT2D eigenvalue weighted by molar-refractivity contribution is -0.120. The monoisotopic (exact) mass is 275 g/mol. The van der Waals surface area contributed by atoms with Crippen molar-refractivity contribution in [1.29, 1.82) is 0 Å². The minimum atomic E-state index is -0.180. The number of carbonyl (C=O) groups is 2. The quantitative estimate of drug-likeness (QED) is 0.861. The van der Waals surface area contributed by atoms with Gasteiger partial charge in [-0.05, 0) is 36.5 Å². The molecule has 0 heterocycles. The molecule has 1 aliphatic carbocycles. The van der Waals surface area contributed by atoms with E-state index in [4.69, 9.17) is 0 Å². The lowest BCUT2D eigenvalue weighted by Gasteiger charge is -2.12. The average Bonchev–Trinajstić information content (AvgIpc) is 3.20. The second kappa shape index (κ2) is 6.41. The first-order valence-corrected chi connectivity index (χ1v) is 6.88. The Hall–Kier alpha value is -2.04. The largest absolute Gasteiger partial charge is 0.356 e. The van der Waals surface area contributed by atoms with E-state index in [0.717, 1.165) is 12.1 Å². The van der Waals surface area contributed by atoms with E-state index in [1.165, 1.54) is 17.7 Å². The van der Waals surface area contributed by atoms with Crippen LogP contribution in [-0.2, 0) is 11.2 Å². The van der Waals surface area contributed by atoms with Crippen molar-refractivity contribution >= 4 is 17.6 Å². The Balaban J connectivity index is 1.87. The number of carbonyl (C=O) groups excluding carboxylic acids is 2. The normalized spacial score (nSPS) is 13.7. The van der Waals surface area contributed by atoms with Gasteiger partial charge in [-0.1, -0.05) is 12.1 Å². The Bertz CT molecular complexity index is 496. The van der Waals surface area contributed by atoms with Crippen LogP contribution in [0.15, 0.2) is 24.3 Å². The number of urea groups is 1. The van der Waals surface area contributed by atoms with E-state index in [2.05, 4.69) is 10.6 Å². The average molecular weight is 275 g/mol. The Morgan fingerprint density at radius 1 is 1.30 bits per heavy atom. The molecular formula is C15H21N3O2. The first-order chi connectivity index (χ1) is 9.54. The Morgan fingerprint density at radius 3 is 2.70 bits per heavy atom. The fourth-order valence-corrected chi connectivity index (χ4v) is 1.82. The summed E-state index contributed by atoms with van der Waals surface area (Å²) in [6, 6.07) is 7.20. The molecule has 2 N–H and O–H groups in total. The molecule has 1 aromatic rings. The summed E-state index contributed by atoms with van der Waals surface area (Å²) in [5.74, 6) is 0.720. The SMILES string of the molecule is CN(C)C(=O)Nc1cccc(CC(=O)NCC2CC2)c1. The second-order valence-corrected chi connectivity index (χ2v) is 5.45. The molecule has 0 aromatic heterocycles. The Labute approximate surface area is 119 Å². The van der Waals surface area contributed by atoms with Crippen LogP contribution in [0.1, 0.15) is 18.4 Å². The summed E-state index contributed by atoms with van der Waals surface area (Å²) in [7, 11) is 3.37. The van der Waals surface area contributed by atoms with Gasteiger partial charge in [0.2, 0.25) is 5.91 Å². The maximum atomic E-state index is 11.8. The van der Waals surface area contributed by atoms with Crippen LogP contribution in [-0.4, -0.2) is 37.5 Å². The van der Waals surface area contributed by atoms with Crippen LogP contribution in [0.3, 0.4) is 0 Å². The summed E-state index contributed by atoms with van der Waals surface area (Å²) in [5, 5.41) is 5.71. The number of hydrogen-bond donors (Lipinski definition) is 2. The van der Waals surface area contributed by atoms with E-state index in [9.17, 15) is 9.59 Å². The van der Waals surface area contributed by atoms with Gasteiger partial charge < -0.3 is 15.5 Å². The second-order valence-electron chi connectivity index (χ2n) is 5.45. The molecule has 1 aromatic carbocycles. The number of rotatable bonds is 5. The molecule has 108 valence electrons. The van der Waals surface area contributed by atoms with Gasteiger partial charge in [-0.25, -0.2) is 4.79 Å². The highest BCUT2D eigenvalue weighted by atomic mass is 16.2. The van der Waals surface area contributed by atoms with E-state index in [1.54, 1.807) is 14.1 Å². The summed E-state index contributed by atoms with van der Waals surface area (Å²) >= 11 is 0. The number of nitrogens with one attached hydrogen (secondary N) is 2. The van der Waals surface area contributed by atoms with Gasteiger partial charge in [0.15, 0.2) is 0 Å². The van der Waals surface area contributed by atoms with Crippen molar-refractivity contribution in [3.63, 3.8) is 0 Å². The molecular weight excluding hydrogens is 254 g/mol. The zero-order chi connectivity index (χ0) is 14.5. The molecule has 1 saturated carbocycles. The smallest absolute Gasteiger partial charge is 0.321 e. The van der Waals surface area contributed by atoms with Crippen molar-refractivity contribution in [2.45, 2.75) is 19.3 Å². The van der Waals surface area contributed by atoms with Crippen molar-refractivity contribution in [3.05, 3.63) is 29.8 Å². The molecule has 0 spiro atoms. The number of anilines is 1. The fraction of sp³-hybridized carbons (Fsp3) is 0.467. The molecule has 1 aliphatic rings. The minimum absolute atomic E-state index is 0.0352. The van der Waals surface area contributed by atoms with Crippen molar-refractivity contribution in [2.75, 3.05) is 26.0 Å². The third-order valence-electron chi connectivity index (χ3n) is 3.23. The molecule has 1 fully saturated rings. The molecule has 2 rings (SSSR count). The molecule has 0 radical (unpaired) electrons. The summed E-state index contributed by atoms with van der Waals surface area (Å²) in [4.78, 5) is 24.8. The van der Waals surface area contributed by atoms with Crippen LogP contribution in [0.25, 0.3) is 0 Å². The predicted molar refractivity (Wildman–Crippen MR) is 78.6 cm³/mol. The van der Waals surface area contributed by atoms with E-state index < -0.39 is 0 Å². The van der Waals surface area contributed by atoms with Gasteiger partial charge in [0, 0.05) is 26.3 Å². The maximum Gasteiger partial charge on any atom is 0.321 e. The summed E-state index contributed by atoms with van der Waals surface area (Å²) in [5.41, 5.74) is 1.60. The van der Waals surface area contributed by atoms with Crippen LogP contribution in [0.5, 0.6) is 0 Å². The molecule has 5 heteroatoms. The van der Waals surface area contributed by atoms with Crippen LogP contribution in [0.4, 0.5) is 10.5 Å². The molecule has 0 unspecified atom stereocenters. The highest BCUT2D eigenvalue weighted by Gasteiger charge is 2.21. The summed E-state index contributed by atoms with van der Waals surface area (Å²) in [6.07, 6.45) is 2.80. The van der Waals surface area contributed by atoms with Crippen LogP contribution in [0.2, 0.25) is 0 Å². The van der Waals surface area contributed by atoms with Crippen LogP contribution < -0.4 is 10.6 Å².